The van der Waals surface area contributed by atoms with Gasteiger partial charge in [0.2, 0.25) is 0 Å². The molecule has 0 spiro atoms. The Bertz CT molecular complexity index is 947. The van der Waals surface area contributed by atoms with Crippen LogP contribution < -0.4 is 5.32 Å². The number of rotatable bonds is 5. The number of nitrogens with one attached hydrogen (secondary N) is 1. The summed E-state index contributed by atoms with van der Waals surface area (Å²) in [7, 11) is 0. The molecule has 1 aliphatic rings. The predicted octanol–water partition coefficient (Wildman–Crippen LogP) is 4.29. The van der Waals surface area contributed by atoms with Crippen LogP contribution in [0.4, 0.5) is 10.1 Å². The average Bonchev–Trinajstić information content (AvgIpc) is 2.82. The van der Waals surface area contributed by atoms with Crippen molar-refractivity contribution in [1.82, 2.24) is 4.90 Å². The number of imide groups is 1. The number of aryl methyl sites for hydroxylation is 2. The number of nitrogens with zero attached hydrogens (tertiary/aromatic N) is 1. The van der Waals surface area contributed by atoms with Crippen LogP contribution in [0.25, 0.3) is 5.57 Å². The molecule has 0 unspecified atom stereocenters. The predicted molar refractivity (Wildman–Crippen MR) is 104 cm³/mol. The summed E-state index contributed by atoms with van der Waals surface area (Å²) >= 11 is 0. The highest BCUT2D eigenvalue weighted by atomic mass is 19.1. The SMILES string of the molecule is Cc1ccc(C2=C(Nc3cccc(F)c3)C(=O)N(CC(C)C)C2=O)cc1C. The molecular weight excluding hydrogens is 343 g/mol. The quantitative estimate of drug-likeness (QED) is 0.803. The summed E-state index contributed by atoms with van der Waals surface area (Å²) in [6.07, 6.45) is 0. The molecule has 0 saturated heterocycles. The van der Waals surface area contributed by atoms with E-state index in [-0.39, 0.29) is 23.4 Å². The topological polar surface area (TPSA) is 49.4 Å². The second-order valence-corrected chi connectivity index (χ2v) is 7.30. The van der Waals surface area contributed by atoms with Gasteiger partial charge in [-0.1, -0.05) is 38.1 Å². The first-order valence-electron chi connectivity index (χ1n) is 8.98. The normalized spacial score (nSPS) is 14.5. The highest BCUT2D eigenvalue weighted by molar-refractivity contribution is 6.36. The minimum absolute atomic E-state index is 0.146. The van der Waals surface area contributed by atoms with Gasteiger partial charge in [-0.25, -0.2) is 4.39 Å². The average molecular weight is 366 g/mol. The van der Waals surface area contributed by atoms with E-state index in [9.17, 15) is 14.0 Å². The third-order valence-corrected chi connectivity index (χ3v) is 4.61. The summed E-state index contributed by atoms with van der Waals surface area (Å²) in [5.41, 5.74) is 3.77. The summed E-state index contributed by atoms with van der Waals surface area (Å²) in [4.78, 5) is 27.3. The van der Waals surface area contributed by atoms with Crippen molar-refractivity contribution in [2.45, 2.75) is 27.7 Å². The van der Waals surface area contributed by atoms with Crippen LogP contribution in [0.15, 0.2) is 48.2 Å². The molecule has 0 radical (unpaired) electrons. The molecular formula is C22H23FN2O2. The van der Waals surface area contributed by atoms with Gasteiger partial charge in [-0.05, 0) is 54.7 Å². The van der Waals surface area contributed by atoms with Crippen LogP contribution in [0.3, 0.4) is 0 Å². The molecule has 0 fully saturated rings. The number of anilines is 1. The molecule has 0 aromatic heterocycles. The fourth-order valence-electron chi connectivity index (χ4n) is 3.10. The van der Waals surface area contributed by atoms with Gasteiger partial charge in [0, 0.05) is 12.2 Å². The number of carbonyl (C=O) groups is 2. The van der Waals surface area contributed by atoms with Gasteiger partial charge < -0.3 is 5.32 Å². The molecule has 27 heavy (non-hydrogen) atoms. The van der Waals surface area contributed by atoms with E-state index in [2.05, 4.69) is 5.32 Å². The third kappa shape index (κ3) is 3.77. The molecule has 2 aromatic carbocycles. The van der Waals surface area contributed by atoms with Gasteiger partial charge in [0.1, 0.15) is 11.5 Å². The van der Waals surface area contributed by atoms with Crippen molar-refractivity contribution in [2.24, 2.45) is 5.92 Å². The van der Waals surface area contributed by atoms with Crippen LogP contribution in [-0.4, -0.2) is 23.3 Å². The van der Waals surface area contributed by atoms with Crippen molar-refractivity contribution >= 4 is 23.1 Å². The van der Waals surface area contributed by atoms with E-state index in [0.29, 0.717) is 23.4 Å². The van der Waals surface area contributed by atoms with Gasteiger partial charge in [-0.15, -0.1) is 0 Å². The molecule has 0 saturated carbocycles. The van der Waals surface area contributed by atoms with E-state index in [0.717, 1.165) is 11.1 Å². The standard InChI is InChI=1S/C22H23FN2O2/c1-13(2)12-25-21(26)19(16-9-8-14(3)15(4)10-16)20(22(25)27)24-18-7-5-6-17(23)11-18/h5-11,13,24H,12H2,1-4H3. The fraction of sp³-hybridized carbons (Fsp3) is 0.273. The number of benzene rings is 2. The van der Waals surface area contributed by atoms with Crippen molar-refractivity contribution in [2.75, 3.05) is 11.9 Å². The van der Waals surface area contributed by atoms with Crippen molar-refractivity contribution in [3.63, 3.8) is 0 Å². The first-order chi connectivity index (χ1) is 12.8. The highest BCUT2D eigenvalue weighted by Gasteiger charge is 2.39. The van der Waals surface area contributed by atoms with E-state index < -0.39 is 5.82 Å². The summed E-state index contributed by atoms with van der Waals surface area (Å²) in [6.45, 7) is 8.20. The lowest BCUT2D eigenvalue weighted by Crippen LogP contribution is -2.35. The van der Waals surface area contributed by atoms with Gasteiger partial charge in [-0.2, -0.15) is 0 Å². The molecule has 3 rings (SSSR count). The molecule has 0 atom stereocenters. The third-order valence-electron chi connectivity index (χ3n) is 4.61. The highest BCUT2D eigenvalue weighted by Crippen LogP contribution is 2.32. The maximum absolute atomic E-state index is 13.6. The summed E-state index contributed by atoms with van der Waals surface area (Å²) in [5.74, 6) is -0.974. The molecule has 0 aliphatic carbocycles. The van der Waals surface area contributed by atoms with E-state index in [1.165, 1.54) is 17.0 Å². The Morgan fingerprint density at radius 1 is 1.00 bits per heavy atom. The van der Waals surface area contributed by atoms with E-state index >= 15 is 0 Å². The smallest absolute Gasteiger partial charge is 0.278 e. The lowest BCUT2D eigenvalue weighted by Gasteiger charge is -2.17. The molecule has 2 aromatic rings. The van der Waals surface area contributed by atoms with E-state index in [1.54, 1.807) is 12.1 Å². The first kappa shape index (κ1) is 18.8. The summed E-state index contributed by atoms with van der Waals surface area (Å²) in [6, 6.07) is 11.5. The van der Waals surface area contributed by atoms with Crippen molar-refractivity contribution < 1.29 is 14.0 Å². The number of hydrogen-bond acceptors (Lipinski definition) is 3. The van der Waals surface area contributed by atoms with Crippen molar-refractivity contribution in [3.05, 3.63) is 70.7 Å². The van der Waals surface area contributed by atoms with Crippen LogP contribution >= 0.6 is 0 Å². The van der Waals surface area contributed by atoms with Crippen LogP contribution in [0.2, 0.25) is 0 Å². The van der Waals surface area contributed by atoms with Crippen LogP contribution in [0, 0.1) is 25.6 Å². The Morgan fingerprint density at radius 3 is 2.37 bits per heavy atom. The number of halogens is 1. The van der Waals surface area contributed by atoms with Crippen LogP contribution in [-0.2, 0) is 9.59 Å². The van der Waals surface area contributed by atoms with Gasteiger partial charge >= 0.3 is 0 Å². The maximum atomic E-state index is 13.6. The lowest BCUT2D eigenvalue weighted by molar-refractivity contribution is -0.137. The number of amides is 2. The van der Waals surface area contributed by atoms with E-state index in [1.807, 2.05) is 45.9 Å². The molecule has 140 valence electrons. The Morgan fingerprint density at radius 2 is 1.74 bits per heavy atom. The molecule has 1 N–H and O–H groups in total. The lowest BCUT2D eigenvalue weighted by atomic mass is 9.99. The molecule has 5 heteroatoms. The molecule has 2 amide bonds. The minimum atomic E-state index is -0.413. The van der Waals surface area contributed by atoms with Gasteiger partial charge in [0.05, 0.1) is 5.57 Å². The van der Waals surface area contributed by atoms with Crippen LogP contribution in [0.5, 0.6) is 0 Å². The maximum Gasteiger partial charge on any atom is 0.278 e. The molecule has 1 aliphatic heterocycles. The van der Waals surface area contributed by atoms with Gasteiger partial charge in [-0.3, -0.25) is 14.5 Å². The van der Waals surface area contributed by atoms with E-state index in [4.69, 9.17) is 0 Å². The number of carbonyl (C=O) groups excluding carboxylic acids is 2. The minimum Gasteiger partial charge on any atom is -0.350 e. The largest absolute Gasteiger partial charge is 0.350 e. The first-order valence-corrected chi connectivity index (χ1v) is 8.98. The second-order valence-electron chi connectivity index (χ2n) is 7.30. The summed E-state index contributed by atoms with van der Waals surface area (Å²) < 4.78 is 13.6. The zero-order valence-corrected chi connectivity index (χ0v) is 16.0. The monoisotopic (exact) mass is 366 g/mol. The Labute approximate surface area is 158 Å². The van der Waals surface area contributed by atoms with Gasteiger partial charge in [0.15, 0.2) is 0 Å². The Balaban J connectivity index is 2.10. The zero-order chi connectivity index (χ0) is 19.7. The zero-order valence-electron chi connectivity index (χ0n) is 16.0. The molecule has 0 bridgehead atoms. The molecule has 1 heterocycles. The van der Waals surface area contributed by atoms with Crippen molar-refractivity contribution in [3.8, 4) is 0 Å². The van der Waals surface area contributed by atoms with Crippen molar-refractivity contribution in [1.29, 1.82) is 0 Å². The molecule has 4 nitrogen and oxygen atoms in total. The Kier molecular flexibility index (Phi) is 5.13. The Hall–Kier alpha value is -2.95. The van der Waals surface area contributed by atoms with Crippen LogP contribution in [0.1, 0.15) is 30.5 Å². The van der Waals surface area contributed by atoms with Gasteiger partial charge in [0.25, 0.3) is 11.8 Å². The fourth-order valence-corrected chi connectivity index (χ4v) is 3.10. The summed E-state index contributed by atoms with van der Waals surface area (Å²) in [5, 5.41) is 2.98. The number of hydrogen-bond donors (Lipinski definition) is 1. The second kappa shape index (κ2) is 7.35.